The summed E-state index contributed by atoms with van der Waals surface area (Å²) in [6.45, 7) is 8.05. The van der Waals surface area contributed by atoms with Gasteiger partial charge in [0.1, 0.15) is 0 Å². The van der Waals surface area contributed by atoms with Gasteiger partial charge in [-0.15, -0.1) is 0 Å². The lowest BCUT2D eigenvalue weighted by Crippen LogP contribution is -2.46. The summed E-state index contributed by atoms with van der Waals surface area (Å²) >= 11 is 3.29. The van der Waals surface area contributed by atoms with Crippen molar-refractivity contribution >= 4 is 21.8 Å². The van der Waals surface area contributed by atoms with Crippen molar-refractivity contribution in [2.45, 2.75) is 33.6 Å². The Kier molecular flexibility index (Phi) is 5.19. The number of halogens is 1. The third-order valence-corrected chi connectivity index (χ3v) is 3.90. The van der Waals surface area contributed by atoms with E-state index in [2.05, 4.69) is 25.9 Å². The van der Waals surface area contributed by atoms with Gasteiger partial charge in [-0.3, -0.25) is 4.79 Å². The number of piperidine rings is 1. The summed E-state index contributed by atoms with van der Waals surface area (Å²) in [7, 11) is 0. The Labute approximate surface area is 134 Å². The minimum absolute atomic E-state index is 0.215. The van der Waals surface area contributed by atoms with Crippen LogP contribution in [0.4, 0.5) is 0 Å². The molecule has 5 nitrogen and oxygen atoms in total. The Bertz CT molecular complexity index is 485. The molecule has 1 fully saturated rings. The van der Waals surface area contributed by atoms with Crippen LogP contribution in [0.5, 0.6) is 6.01 Å². The highest BCUT2D eigenvalue weighted by atomic mass is 79.9. The molecule has 0 spiro atoms. The molecule has 1 aromatic heterocycles. The maximum atomic E-state index is 12.3. The van der Waals surface area contributed by atoms with Gasteiger partial charge in [0.25, 0.3) is 0 Å². The fourth-order valence-electron chi connectivity index (χ4n) is 2.43. The first-order valence-corrected chi connectivity index (χ1v) is 8.05. The number of hydrogen-bond acceptors (Lipinski definition) is 4. The molecule has 1 saturated heterocycles. The summed E-state index contributed by atoms with van der Waals surface area (Å²) < 4.78 is 6.46. The van der Waals surface area contributed by atoms with Crippen LogP contribution in [-0.4, -0.2) is 40.5 Å². The Morgan fingerprint density at radius 3 is 2.71 bits per heavy atom. The zero-order valence-electron chi connectivity index (χ0n) is 12.8. The van der Waals surface area contributed by atoms with E-state index < -0.39 is 0 Å². The van der Waals surface area contributed by atoms with Crippen LogP contribution in [0.1, 0.15) is 33.6 Å². The van der Waals surface area contributed by atoms with E-state index in [1.807, 2.05) is 25.7 Å². The summed E-state index contributed by atoms with van der Waals surface area (Å²) in [6.07, 6.45) is 5.43. The van der Waals surface area contributed by atoms with Crippen molar-refractivity contribution in [1.82, 2.24) is 14.9 Å². The molecule has 0 aliphatic carbocycles. The van der Waals surface area contributed by atoms with Gasteiger partial charge < -0.3 is 9.64 Å². The van der Waals surface area contributed by atoms with Crippen molar-refractivity contribution in [3.63, 3.8) is 0 Å². The molecule has 21 heavy (non-hydrogen) atoms. The molecule has 0 aromatic carbocycles. The zero-order chi connectivity index (χ0) is 15.5. The predicted molar refractivity (Wildman–Crippen MR) is 84.0 cm³/mol. The van der Waals surface area contributed by atoms with Crippen LogP contribution in [0.2, 0.25) is 0 Å². The second-order valence-electron chi connectivity index (χ2n) is 6.50. The minimum Gasteiger partial charge on any atom is -0.463 e. The second-order valence-corrected chi connectivity index (χ2v) is 7.42. The summed E-state index contributed by atoms with van der Waals surface area (Å²) in [5.74, 6) is 0.560. The van der Waals surface area contributed by atoms with Crippen molar-refractivity contribution in [3.8, 4) is 6.01 Å². The molecule has 1 aliphatic rings. The fourth-order valence-corrected chi connectivity index (χ4v) is 2.63. The lowest BCUT2D eigenvalue weighted by molar-refractivity contribution is -0.141. The third kappa shape index (κ3) is 4.66. The Balaban J connectivity index is 1.87. The molecule has 6 heteroatoms. The molecule has 1 unspecified atom stereocenters. The largest absolute Gasteiger partial charge is 0.463 e. The predicted octanol–water partition coefficient (Wildman–Crippen LogP) is 2.90. The first-order valence-electron chi connectivity index (χ1n) is 7.26. The minimum atomic E-state index is -0.322. The van der Waals surface area contributed by atoms with E-state index in [0.29, 0.717) is 18.5 Å². The molecular formula is C15H22BrN3O2. The van der Waals surface area contributed by atoms with Crippen LogP contribution in [0.25, 0.3) is 0 Å². The van der Waals surface area contributed by atoms with E-state index in [4.69, 9.17) is 4.74 Å². The SMILES string of the molecule is CC(C)(C)C(=O)N1CCCC(COc2ncc(Br)cn2)C1. The third-order valence-electron chi connectivity index (χ3n) is 3.49. The number of rotatable bonds is 3. The second kappa shape index (κ2) is 6.73. The van der Waals surface area contributed by atoms with Gasteiger partial charge in [-0.25, -0.2) is 9.97 Å². The Hall–Kier alpha value is -1.17. The highest BCUT2D eigenvalue weighted by Crippen LogP contribution is 2.23. The van der Waals surface area contributed by atoms with Gasteiger partial charge in [-0.2, -0.15) is 0 Å². The quantitative estimate of drug-likeness (QED) is 0.836. The molecule has 116 valence electrons. The van der Waals surface area contributed by atoms with Gasteiger partial charge in [-0.1, -0.05) is 20.8 Å². The van der Waals surface area contributed by atoms with E-state index in [9.17, 15) is 4.79 Å². The first kappa shape index (κ1) is 16.2. The van der Waals surface area contributed by atoms with Crippen molar-refractivity contribution in [1.29, 1.82) is 0 Å². The number of carbonyl (C=O) groups excluding carboxylic acids is 1. The van der Waals surface area contributed by atoms with Crippen molar-refractivity contribution in [3.05, 3.63) is 16.9 Å². The number of amides is 1. The molecule has 2 heterocycles. The highest BCUT2D eigenvalue weighted by Gasteiger charge is 2.31. The maximum Gasteiger partial charge on any atom is 0.316 e. The van der Waals surface area contributed by atoms with Gasteiger partial charge in [0.15, 0.2) is 0 Å². The molecule has 0 radical (unpaired) electrons. The first-order chi connectivity index (χ1) is 9.86. The van der Waals surface area contributed by atoms with Gasteiger partial charge in [-0.05, 0) is 28.8 Å². The average Bonchev–Trinajstić information content (AvgIpc) is 2.45. The van der Waals surface area contributed by atoms with Crippen LogP contribution in [0, 0.1) is 11.3 Å². The monoisotopic (exact) mass is 355 g/mol. The van der Waals surface area contributed by atoms with Crippen LogP contribution >= 0.6 is 15.9 Å². The smallest absolute Gasteiger partial charge is 0.316 e. The van der Waals surface area contributed by atoms with Gasteiger partial charge in [0.2, 0.25) is 5.91 Å². The van der Waals surface area contributed by atoms with E-state index in [0.717, 1.165) is 30.4 Å². The molecule has 0 bridgehead atoms. The molecule has 1 amide bonds. The molecule has 1 aliphatic heterocycles. The Morgan fingerprint density at radius 2 is 2.10 bits per heavy atom. The molecule has 1 aromatic rings. The van der Waals surface area contributed by atoms with E-state index in [1.54, 1.807) is 12.4 Å². The zero-order valence-corrected chi connectivity index (χ0v) is 14.4. The Morgan fingerprint density at radius 1 is 1.43 bits per heavy atom. The number of ether oxygens (including phenoxy) is 1. The highest BCUT2D eigenvalue weighted by molar-refractivity contribution is 9.10. The average molecular weight is 356 g/mol. The van der Waals surface area contributed by atoms with Crippen LogP contribution in [0.3, 0.4) is 0 Å². The van der Waals surface area contributed by atoms with Crippen LogP contribution < -0.4 is 4.74 Å². The summed E-state index contributed by atoms with van der Waals surface area (Å²) in [5, 5.41) is 0. The van der Waals surface area contributed by atoms with E-state index in [1.165, 1.54) is 0 Å². The van der Waals surface area contributed by atoms with E-state index in [-0.39, 0.29) is 11.3 Å². The fraction of sp³-hybridized carbons (Fsp3) is 0.667. The number of aromatic nitrogens is 2. The van der Waals surface area contributed by atoms with Gasteiger partial charge >= 0.3 is 6.01 Å². The number of carbonyl (C=O) groups is 1. The summed E-state index contributed by atoms with van der Waals surface area (Å²) in [6, 6.07) is 0.387. The molecule has 2 rings (SSSR count). The number of likely N-dealkylation sites (tertiary alicyclic amines) is 1. The van der Waals surface area contributed by atoms with Crippen molar-refractivity contribution < 1.29 is 9.53 Å². The van der Waals surface area contributed by atoms with Crippen LogP contribution in [0.15, 0.2) is 16.9 Å². The lowest BCUT2D eigenvalue weighted by Gasteiger charge is -2.36. The summed E-state index contributed by atoms with van der Waals surface area (Å²) in [5.41, 5.74) is -0.322. The molecular weight excluding hydrogens is 334 g/mol. The van der Waals surface area contributed by atoms with Crippen molar-refractivity contribution in [2.75, 3.05) is 19.7 Å². The number of nitrogens with zero attached hydrogens (tertiary/aromatic N) is 3. The topological polar surface area (TPSA) is 55.3 Å². The van der Waals surface area contributed by atoms with Crippen LogP contribution in [-0.2, 0) is 4.79 Å². The molecule has 0 saturated carbocycles. The van der Waals surface area contributed by atoms with Crippen molar-refractivity contribution in [2.24, 2.45) is 11.3 Å². The molecule has 0 N–H and O–H groups in total. The number of hydrogen-bond donors (Lipinski definition) is 0. The summed E-state index contributed by atoms with van der Waals surface area (Å²) in [4.78, 5) is 22.5. The van der Waals surface area contributed by atoms with E-state index >= 15 is 0 Å². The molecule has 1 atom stereocenters. The van der Waals surface area contributed by atoms with Gasteiger partial charge in [0, 0.05) is 36.8 Å². The van der Waals surface area contributed by atoms with Gasteiger partial charge in [0.05, 0.1) is 11.1 Å². The maximum absolute atomic E-state index is 12.3. The normalized spacial score (nSPS) is 19.4. The standard InChI is InChI=1S/C15H22BrN3O2/c1-15(2,3)13(20)19-6-4-5-11(9-19)10-21-14-17-7-12(16)8-18-14/h7-8,11H,4-6,9-10H2,1-3H3. The lowest BCUT2D eigenvalue weighted by atomic mass is 9.91.